The highest BCUT2D eigenvalue weighted by Crippen LogP contribution is 2.25. The van der Waals surface area contributed by atoms with Crippen molar-refractivity contribution < 1.29 is 4.79 Å². The normalized spacial score (nSPS) is 10.7. The Kier molecular flexibility index (Phi) is 5.66. The summed E-state index contributed by atoms with van der Waals surface area (Å²) in [6.07, 6.45) is 4.40. The molecule has 0 spiro atoms. The van der Waals surface area contributed by atoms with Gasteiger partial charge in [0, 0.05) is 24.5 Å². The molecular weight excluding hydrogens is 374 g/mol. The van der Waals surface area contributed by atoms with Crippen molar-refractivity contribution in [2.24, 2.45) is 0 Å². The lowest BCUT2D eigenvalue weighted by Crippen LogP contribution is -2.24. The van der Waals surface area contributed by atoms with Gasteiger partial charge in [0.05, 0.1) is 5.69 Å². The van der Waals surface area contributed by atoms with E-state index in [4.69, 9.17) is 0 Å². The summed E-state index contributed by atoms with van der Waals surface area (Å²) in [6, 6.07) is 19.9. The lowest BCUT2D eigenvalue weighted by atomic mass is 10.1. The molecule has 150 valence electrons. The van der Waals surface area contributed by atoms with Gasteiger partial charge in [0.15, 0.2) is 5.69 Å². The second-order valence-electron chi connectivity index (χ2n) is 7.13. The van der Waals surface area contributed by atoms with E-state index in [9.17, 15) is 4.79 Å². The van der Waals surface area contributed by atoms with Crippen molar-refractivity contribution in [1.82, 2.24) is 25.3 Å². The summed E-state index contributed by atoms with van der Waals surface area (Å²) < 4.78 is 1.68. The predicted molar refractivity (Wildman–Crippen MR) is 116 cm³/mol. The zero-order valence-electron chi connectivity index (χ0n) is 17.0. The monoisotopic (exact) mass is 397 g/mol. The molecule has 6 nitrogen and oxygen atoms in total. The van der Waals surface area contributed by atoms with Crippen LogP contribution in [0.5, 0.6) is 0 Å². The molecule has 0 atom stereocenters. The van der Waals surface area contributed by atoms with Crippen molar-refractivity contribution in [2.75, 3.05) is 0 Å². The van der Waals surface area contributed by atoms with Crippen molar-refractivity contribution in [3.63, 3.8) is 0 Å². The molecule has 30 heavy (non-hydrogen) atoms. The molecule has 0 unspecified atom stereocenters. The number of aromatic nitrogens is 4. The Hall–Kier alpha value is -3.80. The number of carbonyl (C=O) groups is 1. The highest BCUT2D eigenvalue weighted by atomic mass is 16.2. The second kappa shape index (κ2) is 8.69. The Morgan fingerprint density at radius 3 is 2.40 bits per heavy atom. The second-order valence-corrected chi connectivity index (χ2v) is 7.13. The van der Waals surface area contributed by atoms with Gasteiger partial charge in [-0.05, 0) is 48.7 Å². The lowest BCUT2D eigenvalue weighted by molar-refractivity contribution is 0.0946. The van der Waals surface area contributed by atoms with Crippen molar-refractivity contribution in [2.45, 2.75) is 26.8 Å². The van der Waals surface area contributed by atoms with Crippen LogP contribution >= 0.6 is 0 Å². The van der Waals surface area contributed by atoms with Crippen LogP contribution in [0.4, 0.5) is 0 Å². The first-order valence-corrected chi connectivity index (χ1v) is 9.95. The zero-order chi connectivity index (χ0) is 20.9. The van der Waals surface area contributed by atoms with Gasteiger partial charge >= 0.3 is 0 Å². The number of aryl methyl sites for hydroxylation is 2. The number of carbonyl (C=O) groups excluding carboxylic acids is 1. The van der Waals surface area contributed by atoms with E-state index < -0.39 is 0 Å². The van der Waals surface area contributed by atoms with Crippen LogP contribution < -0.4 is 5.32 Å². The number of hydrogen-bond acceptors (Lipinski definition) is 4. The fourth-order valence-corrected chi connectivity index (χ4v) is 3.22. The van der Waals surface area contributed by atoms with E-state index in [1.807, 2.05) is 55.5 Å². The first kappa shape index (κ1) is 19.5. The molecule has 0 aliphatic heterocycles. The van der Waals surface area contributed by atoms with E-state index >= 15 is 0 Å². The van der Waals surface area contributed by atoms with Gasteiger partial charge in [0.2, 0.25) is 0 Å². The summed E-state index contributed by atoms with van der Waals surface area (Å²) in [4.78, 5) is 17.2. The Morgan fingerprint density at radius 1 is 1.00 bits per heavy atom. The van der Waals surface area contributed by atoms with E-state index in [0.29, 0.717) is 12.2 Å². The molecule has 4 aromatic rings. The van der Waals surface area contributed by atoms with Crippen LogP contribution in [-0.4, -0.2) is 25.9 Å². The molecule has 1 amide bonds. The minimum absolute atomic E-state index is 0.271. The summed E-state index contributed by atoms with van der Waals surface area (Å²) in [6.45, 7) is 4.57. The fraction of sp³-hybridized carbons (Fsp3) is 0.167. The summed E-state index contributed by atoms with van der Waals surface area (Å²) in [5, 5.41) is 11.4. The molecule has 2 heterocycles. The molecule has 0 fully saturated rings. The van der Waals surface area contributed by atoms with Crippen LogP contribution in [0, 0.1) is 6.92 Å². The topological polar surface area (TPSA) is 72.7 Å². The van der Waals surface area contributed by atoms with Crippen molar-refractivity contribution >= 4 is 5.91 Å². The minimum Gasteiger partial charge on any atom is -0.346 e. The number of rotatable bonds is 6. The Bertz CT molecular complexity index is 1130. The third-order valence-electron chi connectivity index (χ3n) is 4.98. The molecule has 0 aliphatic carbocycles. The summed E-state index contributed by atoms with van der Waals surface area (Å²) in [5.41, 5.74) is 5.95. The number of amides is 1. The summed E-state index contributed by atoms with van der Waals surface area (Å²) in [7, 11) is 0. The largest absolute Gasteiger partial charge is 0.346 e. The molecule has 0 saturated carbocycles. The minimum atomic E-state index is -0.271. The quantitative estimate of drug-likeness (QED) is 0.531. The number of hydrogen-bond donors (Lipinski definition) is 1. The molecule has 0 aliphatic rings. The van der Waals surface area contributed by atoms with Crippen molar-refractivity contribution in [3.8, 4) is 16.9 Å². The molecule has 2 aromatic carbocycles. The maximum atomic E-state index is 13.0. The third kappa shape index (κ3) is 4.12. The Morgan fingerprint density at radius 2 is 1.73 bits per heavy atom. The van der Waals surface area contributed by atoms with Gasteiger partial charge in [-0.3, -0.25) is 9.78 Å². The standard InChI is InChI=1S/C24H23N5O/c1-3-18-8-10-19(11-9-18)15-26-24(30)22-23(20-5-4-14-25-16-20)29(28-27-22)21-12-6-17(2)7-13-21/h4-14,16H,3,15H2,1-2H3,(H,26,30). The number of pyridine rings is 1. The SMILES string of the molecule is CCc1ccc(CNC(=O)c2nnn(-c3ccc(C)cc3)c2-c2cccnc2)cc1. The molecule has 0 radical (unpaired) electrons. The highest BCUT2D eigenvalue weighted by Gasteiger charge is 2.22. The van der Waals surface area contributed by atoms with Crippen LogP contribution in [0.25, 0.3) is 16.9 Å². The van der Waals surface area contributed by atoms with Gasteiger partial charge < -0.3 is 5.32 Å². The zero-order valence-corrected chi connectivity index (χ0v) is 17.0. The Balaban J connectivity index is 1.65. The van der Waals surface area contributed by atoms with Gasteiger partial charge in [-0.25, -0.2) is 4.68 Å². The van der Waals surface area contributed by atoms with Gasteiger partial charge in [-0.2, -0.15) is 0 Å². The Labute approximate surface area is 175 Å². The van der Waals surface area contributed by atoms with E-state index in [-0.39, 0.29) is 11.6 Å². The molecule has 0 bridgehead atoms. The van der Waals surface area contributed by atoms with Gasteiger partial charge in [0.25, 0.3) is 5.91 Å². The molecule has 4 rings (SSSR count). The fourth-order valence-electron chi connectivity index (χ4n) is 3.22. The van der Waals surface area contributed by atoms with Crippen LogP contribution in [-0.2, 0) is 13.0 Å². The van der Waals surface area contributed by atoms with Crippen molar-refractivity contribution in [3.05, 3.63) is 95.4 Å². The maximum Gasteiger partial charge on any atom is 0.274 e. The molecule has 6 heteroatoms. The smallest absolute Gasteiger partial charge is 0.274 e. The highest BCUT2D eigenvalue weighted by molar-refractivity contribution is 5.98. The van der Waals surface area contributed by atoms with Crippen molar-refractivity contribution in [1.29, 1.82) is 0 Å². The van der Waals surface area contributed by atoms with Crippen LogP contribution in [0.2, 0.25) is 0 Å². The lowest BCUT2D eigenvalue weighted by Gasteiger charge is -2.09. The van der Waals surface area contributed by atoms with Crippen LogP contribution in [0.3, 0.4) is 0 Å². The van der Waals surface area contributed by atoms with E-state index in [1.165, 1.54) is 5.56 Å². The molecule has 2 aromatic heterocycles. The number of nitrogens with zero attached hydrogens (tertiary/aromatic N) is 4. The van der Waals surface area contributed by atoms with Crippen LogP contribution in [0.15, 0.2) is 73.1 Å². The average molecular weight is 397 g/mol. The van der Waals surface area contributed by atoms with E-state index in [1.54, 1.807) is 17.1 Å². The number of benzene rings is 2. The van der Waals surface area contributed by atoms with E-state index in [2.05, 4.69) is 39.7 Å². The van der Waals surface area contributed by atoms with Crippen LogP contribution in [0.1, 0.15) is 34.1 Å². The van der Waals surface area contributed by atoms with Gasteiger partial charge in [0.1, 0.15) is 5.69 Å². The van der Waals surface area contributed by atoms with Gasteiger partial charge in [-0.1, -0.05) is 54.1 Å². The van der Waals surface area contributed by atoms with Gasteiger partial charge in [-0.15, -0.1) is 5.10 Å². The average Bonchev–Trinajstić information content (AvgIpc) is 3.24. The molecule has 1 N–H and O–H groups in total. The predicted octanol–water partition coefficient (Wildman–Crippen LogP) is 4.13. The first-order chi connectivity index (χ1) is 14.7. The molecular formula is C24H23N5O. The maximum absolute atomic E-state index is 13.0. The van der Waals surface area contributed by atoms with E-state index in [0.717, 1.165) is 28.8 Å². The first-order valence-electron chi connectivity index (χ1n) is 9.95. The molecule has 0 saturated heterocycles. The summed E-state index contributed by atoms with van der Waals surface area (Å²) >= 11 is 0. The third-order valence-corrected chi connectivity index (χ3v) is 4.98. The summed E-state index contributed by atoms with van der Waals surface area (Å²) in [5.74, 6) is -0.271. The number of nitrogens with one attached hydrogen (secondary N) is 1.